The number of nitrogens with two attached hydrogens (primary N) is 1. The molecule has 0 radical (unpaired) electrons. The molecule has 23 heavy (non-hydrogen) atoms. The number of halogens is 1. The summed E-state index contributed by atoms with van der Waals surface area (Å²) in [6.07, 6.45) is -0.172. The fraction of sp³-hybridized carbons (Fsp3) is 0.143. The molecular weight excluding hydrogens is 322 g/mol. The number of primary amides is 1. The lowest BCUT2D eigenvalue weighted by Gasteiger charge is -2.21. The van der Waals surface area contributed by atoms with E-state index in [1.165, 1.54) is 0 Å². The number of benzene rings is 1. The highest BCUT2D eigenvalue weighted by Crippen LogP contribution is 2.28. The van der Waals surface area contributed by atoms with Crippen molar-refractivity contribution in [3.63, 3.8) is 0 Å². The average Bonchev–Trinajstić information content (AvgIpc) is 2.45. The van der Waals surface area contributed by atoms with Gasteiger partial charge in [-0.25, -0.2) is 0 Å². The highest BCUT2D eigenvalue weighted by Gasteiger charge is 2.33. The molecule has 0 saturated heterocycles. The van der Waals surface area contributed by atoms with E-state index >= 15 is 0 Å². The van der Waals surface area contributed by atoms with Gasteiger partial charge in [0.2, 0.25) is 17.8 Å². The summed E-state index contributed by atoms with van der Waals surface area (Å²) in [7, 11) is 0. The molecule has 2 heterocycles. The number of aromatic amines is 1. The SMILES string of the molecule is NC(=O)C1CC(=O)Nc2nc(Nc3cccc(Cl)c3)[nH]c(=O)c21. The Morgan fingerprint density at radius 3 is 2.87 bits per heavy atom. The van der Waals surface area contributed by atoms with Crippen molar-refractivity contribution in [2.45, 2.75) is 12.3 Å². The predicted octanol–water partition coefficient (Wildman–Crippen LogP) is 1.08. The summed E-state index contributed by atoms with van der Waals surface area (Å²) in [4.78, 5) is 42.0. The lowest BCUT2D eigenvalue weighted by Crippen LogP contribution is -2.36. The number of nitrogens with one attached hydrogen (secondary N) is 3. The lowest BCUT2D eigenvalue weighted by molar-refractivity contribution is -0.124. The normalized spacial score (nSPS) is 16.4. The number of anilines is 3. The molecule has 1 aliphatic rings. The van der Waals surface area contributed by atoms with Crippen LogP contribution < -0.4 is 21.9 Å². The second-order valence-corrected chi connectivity index (χ2v) is 5.46. The number of rotatable bonds is 3. The van der Waals surface area contributed by atoms with Crippen LogP contribution in [0.5, 0.6) is 0 Å². The third-order valence-corrected chi connectivity index (χ3v) is 3.62. The molecule has 0 saturated carbocycles. The van der Waals surface area contributed by atoms with Gasteiger partial charge in [-0.3, -0.25) is 19.4 Å². The van der Waals surface area contributed by atoms with Gasteiger partial charge in [0.05, 0.1) is 11.5 Å². The Morgan fingerprint density at radius 1 is 1.39 bits per heavy atom. The molecule has 2 amide bonds. The Labute approximate surface area is 135 Å². The molecule has 0 spiro atoms. The number of carbonyl (C=O) groups excluding carboxylic acids is 2. The summed E-state index contributed by atoms with van der Waals surface area (Å²) >= 11 is 5.89. The monoisotopic (exact) mass is 333 g/mol. The molecule has 118 valence electrons. The van der Waals surface area contributed by atoms with Crippen LogP contribution in [-0.2, 0) is 9.59 Å². The molecule has 3 rings (SSSR count). The quantitative estimate of drug-likeness (QED) is 0.667. The number of hydrogen-bond donors (Lipinski definition) is 4. The van der Waals surface area contributed by atoms with Gasteiger partial charge < -0.3 is 16.4 Å². The highest BCUT2D eigenvalue weighted by atomic mass is 35.5. The summed E-state index contributed by atoms with van der Waals surface area (Å²) in [5.74, 6) is -2.02. The van der Waals surface area contributed by atoms with E-state index in [0.717, 1.165) is 0 Å². The predicted molar refractivity (Wildman–Crippen MR) is 84.8 cm³/mol. The van der Waals surface area contributed by atoms with Crippen molar-refractivity contribution in [2.24, 2.45) is 5.73 Å². The van der Waals surface area contributed by atoms with E-state index < -0.39 is 23.3 Å². The fourth-order valence-corrected chi connectivity index (χ4v) is 2.57. The molecule has 5 N–H and O–H groups in total. The Hall–Kier alpha value is -2.87. The molecule has 1 unspecified atom stereocenters. The Bertz CT molecular complexity index is 864. The molecule has 0 bridgehead atoms. The van der Waals surface area contributed by atoms with Crippen LogP contribution in [0.1, 0.15) is 17.9 Å². The lowest BCUT2D eigenvalue weighted by atomic mass is 9.93. The van der Waals surface area contributed by atoms with Crippen LogP contribution >= 0.6 is 11.6 Å². The fourth-order valence-electron chi connectivity index (χ4n) is 2.38. The zero-order valence-corrected chi connectivity index (χ0v) is 12.5. The first-order chi connectivity index (χ1) is 10.9. The molecule has 1 aliphatic heterocycles. The maximum Gasteiger partial charge on any atom is 0.258 e. The summed E-state index contributed by atoms with van der Waals surface area (Å²) in [5, 5.41) is 5.87. The summed E-state index contributed by atoms with van der Waals surface area (Å²) in [6.45, 7) is 0. The maximum atomic E-state index is 12.2. The minimum atomic E-state index is -0.991. The number of nitrogens with zero attached hydrogens (tertiary/aromatic N) is 1. The van der Waals surface area contributed by atoms with Gasteiger partial charge in [0.1, 0.15) is 5.82 Å². The zero-order valence-electron chi connectivity index (χ0n) is 11.7. The van der Waals surface area contributed by atoms with Gasteiger partial charge in [-0.2, -0.15) is 4.98 Å². The molecular formula is C14H12ClN5O3. The van der Waals surface area contributed by atoms with E-state index in [1.54, 1.807) is 24.3 Å². The number of carbonyl (C=O) groups is 2. The second-order valence-electron chi connectivity index (χ2n) is 5.02. The molecule has 0 fully saturated rings. The Balaban J connectivity index is 2.01. The first kappa shape index (κ1) is 15.0. The van der Waals surface area contributed by atoms with Gasteiger partial charge in [0, 0.05) is 17.1 Å². The van der Waals surface area contributed by atoms with Gasteiger partial charge in [-0.05, 0) is 18.2 Å². The van der Waals surface area contributed by atoms with Crippen LogP contribution in [0.4, 0.5) is 17.5 Å². The molecule has 0 aliphatic carbocycles. The Morgan fingerprint density at radius 2 is 2.17 bits per heavy atom. The van der Waals surface area contributed by atoms with Crippen molar-refractivity contribution in [1.82, 2.24) is 9.97 Å². The van der Waals surface area contributed by atoms with Crippen molar-refractivity contribution in [2.75, 3.05) is 10.6 Å². The number of amides is 2. The van der Waals surface area contributed by atoms with Crippen molar-refractivity contribution < 1.29 is 9.59 Å². The third-order valence-electron chi connectivity index (χ3n) is 3.38. The largest absolute Gasteiger partial charge is 0.369 e. The van der Waals surface area contributed by atoms with Crippen LogP contribution in [0, 0.1) is 0 Å². The average molecular weight is 334 g/mol. The molecule has 1 aromatic carbocycles. The number of fused-ring (bicyclic) bond motifs is 1. The number of hydrogen-bond acceptors (Lipinski definition) is 5. The standard InChI is InChI=1S/C14H12ClN5O3/c15-6-2-1-3-7(4-6)17-14-19-12-10(13(23)20-14)8(11(16)22)5-9(21)18-12/h1-4,8H,5H2,(H2,16,22)(H3,17,18,19,20,21,23). The van der Waals surface area contributed by atoms with Gasteiger partial charge in [-0.15, -0.1) is 0 Å². The van der Waals surface area contributed by atoms with E-state index in [1.807, 2.05) is 0 Å². The summed E-state index contributed by atoms with van der Waals surface area (Å²) < 4.78 is 0. The van der Waals surface area contributed by atoms with Crippen LogP contribution in [0.3, 0.4) is 0 Å². The first-order valence-electron chi connectivity index (χ1n) is 6.70. The van der Waals surface area contributed by atoms with Gasteiger partial charge in [0.25, 0.3) is 5.56 Å². The maximum absolute atomic E-state index is 12.2. The van der Waals surface area contributed by atoms with E-state index in [-0.39, 0.29) is 23.8 Å². The highest BCUT2D eigenvalue weighted by molar-refractivity contribution is 6.30. The summed E-state index contributed by atoms with van der Waals surface area (Å²) in [5.41, 5.74) is 5.39. The first-order valence-corrected chi connectivity index (χ1v) is 7.08. The van der Waals surface area contributed by atoms with Crippen molar-refractivity contribution in [3.8, 4) is 0 Å². The van der Waals surface area contributed by atoms with Crippen LogP contribution in [0.2, 0.25) is 5.02 Å². The number of H-pyrrole nitrogens is 1. The minimum absolute atomic E-state index is 0.0262. The molecule has 2 aromatic rings. The molecule has 1 aromatic heterocycles. The van der Waals surface area contributed by atoms with Gasteiger partial charge in [-0.1, -0.05) is 17.7 Å². The Kier molecular flexibility index (Phi) is 3.75. The summed E-state index contributed by atoms with van der Waals surface area (Å²) in [6, 6.07) is 6.81. The van der Waals surface area contributed by atoms with E-state index in [0.29, 0.717) is 10.7 Å². The van der Waals surface area contributed by atoms with Crippen molar-refractivity contribution in [1.29, 1.82) is 0 Å². The van der Waals surface area contributed by atoms with Crippen molar-refractivity contribution in [3.05, 3.63) is 45.2 Å². The van der Waals surface area contributed by atoms with Gasteiger partial charge >= 0.3 is 0 Å². The molecule has 1 atom stereocenters. The molecule has 8 nitrogen and oxygen atoms in total. The molecule has 9 heteroatoms. The second kappa shape index (κ2) is 5.73. The van der Waals surface area contributed by atoms with Crippen molar-refractivity contribution >= 4 is 40.9 Å². The zero-order chi connectivity index (χ0) is 16.6. The van der Waals surface area contributed by atoms with E-state index in [2.05, 4.69) is 20.6 Å². The third kappa shape index (κ3) is 3.02. The topological polar surface area (TPSA) is 130 Å². The smallest absolute Gasteiger partial charge is 0.258 e. The van der Waals surface area contributed by atoms with E-state index in [9.17, 15) is 14.4 Å². The van der Waals surface area contributed by atoms with Crippen LogP contribution in [0.15, 0.2) is 29.1 Å². The van der Waals surface area contributed by atoms with E-state index in [4.69, 9.17) is 17.3 Å². The van der Waals surface area contributed by atoms with Crippen LogP contribution in [-0.4, -0.2) is 21.8 Å². The van der Waals surface area contributed by atoms with Gasteiger partial charge in [0.15, 0.2) is 0 Å². The minimum Gasteiger partial charge on any atom is -0.369 e. The van der Waals surface area contributed by atoms with Crippen LogP contribution in [0.25, 0.3) is 0 Å². The number of aromatic nitrogens is 2.